The van der Waals surface area contributed by atoms with Crippen LogP contribution in [0.25, 0.3) is 0 Å². The van der Waals surface area contributed by atoms with Crippen molar-refractivity contribution < 1.29 is 10.2 Å². The second kappa shape index (κ2) is 3.32. The molecule has 3 heteroatoms. The van der Waals surface area contributed by atoms with Crippen molar-refractivity contribution in [2.45, 2.75) is 44.8 Å². The Bertz CT molecular complexity index is 140. The van der Waals surface area contributed by atoms with E-state index in [4.69, 9.17) is 0 Å². The highest BCUT2D eigenvalue weighted by Gasteiger charge is 2.52. The minimum Gasteiger partial charge on any atom is -0.394 e. The summed E-state index contributed by atoms with van der Waals surface area (Å²) < 4.78 is 0. The Morgan fingerprint density at radius 3 is 1.67 bits per heavy atom. The van der Waals surface area contributed by atoms with Crippen molar-refractivity contribution in [1.29, 1.82) is 0 Å². The monoisotopic (exact) mass is 173 g/mol. The van der Waals surface area contributed by atoms with Gasteiger partial charge in [0.25, 0.3) is 0 Å². The van der Waals surface area contributed by atoms with E-state index in [9.17, 15) is 10.2 Å². The maximum atomic E-state index is 9.22. The van der Waals surface area contributed by atoms with Crippen molar-refractivity contribution in [2.24, 2.45) is 0 Å². The van der Waals surface area contributed by atoms with Crippen molar-refractivity contribution in [3.8, 4) is 0 Å². The van der Waals surface area contributed by atoms with Gasteiger partial charge in [-0.15, -0.1) is 0 Å². The van der Waals surface area contributed by atoms with Gasteiger partial charge < -0.3 is 10.2 Å². The van der Waals surface area contributed by atoms with E-state index < -0.39 is 0 Å². The zero-order chi connectivity index (χ0) is 9.35. The summed E-state index contributed by atoms with van der Waals surface area (Å²) in [5.41, 5.74) is -0.376. The topological polar surface area (TPSA) is 43.5 Å². The molecule has 1 fully saturated rings. The first-order chi connectivity index (χ1) is 5.63. The minimum absolute atomic E-state index is 0.0503. The van der Waals surface area contributed by atoms with Crippen LogP contribution >= 0.6 is 0 Å². The second-order valence-electron chi connectivity index (χ2n) is 3.78. The molecule has 1 heterocycles. The molecular weight excluding hydrogens is 154 g/mol. The molecule has 1 aliphatic heterocycles. The van der Waals surface area contributed by atoms with E-state index in [1.54, 1.807) is 0 Å². The Balaban J connectivity index is 2.66. The van der Waals surface area contributed by atoms with Gasteiger partial charge in [0, 0.05) is 12.1 Å². The number of aliphatic hydroxyl groups is 2. The Hall–Kier alpha value is -0.120. The summed E-state index contributed by atoms with van der Waals surface area (Å²) in [6, 6.07) is 1.01. The molecule has 3 nitrogen and oxygen atoms in total. The second-order valence-corrected chi connectivity index (χ2v) is 3.78. The molecule has 1 aliphatic rings. The predicted molar refractivity (Wildman–Crippen MR) is 48.0 cm³/mol. The van der Waals surface area contributed by atoms with Crippen LogP contribution in [0.5, 0.6) is 0 Å². The Labute approximate surface area is 74.0 Å². The van der Waals surface area contributed by atoms with Crippen LogP contribution in [0.4, 0.5) is 0 Å². The van der Waals surface area contributed by atoms with Crippen LogP contribution in [0, 0.1) is 0 Å². The first kappa shape index (κ1) is 9.96. The summed E-state index contributed by atoms with van der Waals surface area (Å²) in [7, 11) is 0. The van der Waals surface area contributed by atoms with Crippen molar-refractivity contribution in [3.05, 3.63) is 0 Å². The smallest absolute Gasteiger partial charge is 0.0676 e. The van der Waals surface area contributed by atoms with E-state index in [1.807, 2.05) is 6.92 Å². The van der Waals surface area contributed by atoms with E-state index >= 15 is 0 Å². The first-order valence-electron chi connectivity index (χ1n) is 4.63. The molecule has 0 amide bonds. The third kappa shape index (κ3) is 1.26. The normalized spacial score (nSPS) is 35.2. The maximum Gasteiger partial charge on any atom is 0.0676 e. The molecule has 0 radical (unpaired) electrons. The summed E-state index contributed by atoms with van der Waals surface area (Å²) in [4.78, 5) is 2.19. The van der Waals surface area contributed by atoms with E-state index in [-0.39, 0.29) is 18.8 Å². The minimum atomic E-state index is -0.376. The standard InChI is InChI=1S/C9H19NO2/c1-4-9(5-11,6-12)10-7(2)8(10)3/h7-8,11-12H,4-6H2,1-3H3. The van der Waals surface area contributed by atoms with Gasteiger partial charge in [0.05, 0.1) is 18.8 Å². The molecule has 0 saturated carbocycles. The molecule has 12 heavy (non-hydrogen) atoms. The largest absolute Gasteiger partial charge is 0.394 e. The van der Waals surface area contributed by atoms with E-state index in [1.165, 1.54) is 0 Å². The predicted octanol–water partition coefficient (Wildman–Crippen LogP) is 0.212. The van der Waals surface area contributed by atoms with Crippen molar-refractivity contribution in [2.75, 3.05) is 13.2 Å². The van der Waals surface area contributed by atoms with Crippen LogP contribution in [0.3, 0.4) is 0 Å². The number of hydrogen-bond donors (Lipinski definition) is 2. The van der Waals surface area contributed by atoms with Crippen molar-refractivity contribution in [3.63, 3.8) is 0 Å². The molecule has 1 saturated heterocycles. The molecule has 2 unspecified atom stereocenters. The average molecular weight is 173 g/mol. The lowest BCUT2D eigenvalue weighted by Crippen LogP contribution is -2.46. The third-order valence-corrected chi connectivity index (χ3v) is 3.28. The van der Waals surface area contributed by atoms with Gasteiger partial charge in [-0.05, 0) is 20.3 Å². The SMILES string of the molecule is CCC(CO)(CO)N1C(C)C1C. The highest BCUT2D eigenvalue weighted by Crippen LogP contribution is 2.37. The quantitative estimate of drug-likeness (QED) is 0.597. The van der Waals surface area contributed by atoms with Gasteiger partial charge >= 0.3 is 0 Å². The molecule has 0 aliphatic carbocycles. The number of hydrogen-bond acceptors (Lipinski definition) is 3. The zero-order valence-electron chi connectivity index (χ0n) is 8.12. The summed E-state index contributed by atoms with van der Waals surface area (Å²) in [5, 5.41) is 18.4. The van der Waals surface area contributed by atoms with Crippen LogP contribution in [0.2, 0.25) is 0 Å². The molecule has 2 atom stereocenters. The van der Waals surface area contributed by atoms with Crippen LogP contribution in [-0.4, -0.2) is 45.9 Å². The fraction of sp³-hybridized carbons (Fsp3) is 1.00. The van der Waals surface area contributed by atoms with E-state index in [0.717, 1.165) is 6.42 Å². The lowest BCUT2D eigenvalue weighted by molar-refractivity contribution is 0.0352. The number of nitrogens with zero attached hydrogens (tertiary/aromatic N) is 1. The van der Waals surface area contributed by atoms with Gasteiger partial charge in [0.15, 0.2) is 0 Å². The average Bonchev–Trinajstić information content (AvgIpc) is 2.67. The van der Waals surface area contributed by atoms with Gasteiger partial charge in [0.1, 0.15) is 0 Å². The van der Waals surface area contributed by atoms with Crippen LogP contribution < -0.4 is 0 Å². The highest BCUT2D eigenvalue weighted by atomic mass is 16.3. The summed E-state index contributed by atoms with van der Waals surface area (Å²) in [5.74, 6) is 0. The first-order valence-corrected chi connectivity index (χ1v) is 4.63. The van der Waals surface area contributed by atoms with E-state index in [0.29, 0.717) is 12.1 Å². The lowest BCUT2D eigenvalue weighted by atomic mass is 9.98. The third-order valence-electron chi connectivity index (χ3n) is 3.28. The Kier molecular flexibility index (Phi) is 2.76. The molecule has 0 bridgehead atoms. The van der Waals surface area contributed by atoms with Crippen molar-refractivity contribution in [1.82, 2.24) is 4.90 Å². The molecule has 0 spiro atoms. The highest BCUT2D eigenvalue weighted by molar-refractivity contribution is 5.07. The summed E-state index contributed by atoms with van der Waals surface area (Å²) in [6.45, 7) is 6.36. The van der Waals surface area contributed by atoms with Gasteiger partial charge in [0.2, 0.25) is 0 Å². The van der Waals surface area contributed by atoms with Crippen LogP contribution in [-0.2, 0) is 0 Å². The number of aliphatic hydroxyl groups excluding tert-OH is 2. The van der Waals surface area contributed by atoms with Gasteiger partial charge in [-0.25, -0.2) is 0 Å². The molecule has 2 N–H and O–H groups in total. The van der Waals surface area contributed by atoms with Crippen LogP contribution in [0.1, 0.15) is 27.2 Å². The van der Waals surface area contributed by atoms with Gasteiger partial charge in [-0.2, -0.15) is 0 Å². The molecule has 0 aromatic heterocycles. The van der Waals surface area contributed by atoms with Crippen molar-refractivity contribution >= 4 is 0 Å². The molecule has 0 aromatic carbocycles. The summed E-state index contributed by atoms with van der Waals surface area (Å²) in [6.07, 6.45) is 0.800. The Morgan fingerprint density at radius 1 is 1.17 bits per heavy atom. The Morgan fingerprint density at radius 2 is 1.58 bits per heavy atom. The molecule has 1 rings (SSSR count). The van der Waals surface area contributed by atoms with Gasteiger partial charge in [-0.3, -0.25) is 4.90 Å². The summed E-state index contributed by atoms with van der Waals surface area (Å²) >= 11 is 0. The van der Waals surface area contributed by atoms with E-state index in [2.05, 4.69) is 18.7 Å². The van der Waals surface area contributed by atoms with Crippen LogP contribution in [0.15, 0.2) is 0 Å². The maximum absolute atomic E-state index is 9.22. The lowest BCUT2D eigenvalue weighted by Gasteiger charge is -2.31. The molecule has 72 valence electrons. The molecule has 0 aromatic rings. The number of rotatable bonds is 4. The zero-order valence-corrected chi connectivity index (χ0v) is 8.12. The fourth-order valence-electron chi connectivity index (χ4n) is 1.99. The molecular formula is C9H19NO2. The van der Waals surface area contributed by atoms with Gasteiger partial charge in [-0.1, -0.05) is 6.92 Å². The fourth-order valence-corrected chi connectivity index (χ4v) is 1.99.